The van der Waals surface area contributed by atoms with Crippen LogP contribution in [0.2, 0.25) is 0 Å². The summed E-state index contributed by atoms with van der Waals surface area (Å²) in [6, 6.07) is 0. The van der Waals surface area contributed by atoms with E-state index in [-0.39, 0.29) is 0 Å². The van der Waals surface area contributed by atoms with Crippen molar-refractivity contribution in [1.82, 2.24) is 0 Å². The van der Waals surface area contributed by atoms with E-state index in [9.17, 15) is 5.11 Å². The summed E-state index contributed by atoms with van der Waals surface area (Å²) in [6.07, 6.45) is 4.42. The minimum Gasteiger partial charge on any atom is -0.390 e. The zero-order valence-corrected chi connectivity index (χ0v) is 6.64. The van der Waals surface area contributed by atoms with Gasteiger partial charge in [0, 0.05) is 0 Å². The van der Waals surface area contributed by atoms with Gasteiger partial charge in [-0.15, -0.1) is 0 Å². The van der Waals surface area contributed by atoms with Gasteiger partial charge in [0.25, 0.3) is 0 Å². The molecule has 0 aromatic rings. The van der Waals surface area contributed by atoms with E-state index in [4.69, 9.17) is 5.73 Å². The zero-order chi connectivity index (χ0) is 7.61. The van der Waals surface area contributed by atoms with Crippen LogP contribution in [0.25, 0.3) is 0 Å². The summed E-state index contributed by atoms with van der Waals surface area (Å²) in [5, 5.41) is 9.75. The van der Waals surface area contributed by atoms with Crippen LogP contribution in [0.15, 0.2) is 0 Å². The number of hydrogen-bond acceptors (Lipinski definition) is 2. The Morgan fingerprint density at radius 3 is 2.70 bits per heavy atom. The molecule has 2 unspecified atom stereocenters. The maximum atomic E-state index is 9.75. The molecule has 1 aliphatic rings. The first kappa shape index (κ1) is 8.02. The molecule has 0 saturated heterocycles. The predicted octanol–water partition coefficient (Wildman–Crippen LogP) is 0.886. The second-order valence-corrected chi connectivity index (χ2v) is 3.54. The SMILES string of the molecule is CC1(O)CCCCC1CN. The molecule has 60 valence electrons. The first-order valence-corrected chi connectivity index (χ1v) is 4.09. The Morgan fingerprint density at radius 1 is 1.60 bits per heavy atom. The first-order valence-electron chi connectivity index (χ1n) is 4.09. The highest BCUT2D eigenvalue weighted by Gasteiger charge is 2.32. The average Bonchev–Trinajstić information content (AvgIpc) is 1.87. The maximum Gasteiger partial charge on any atom is 0.0659 e. The minimum atomic E-state index is -0.479. The van der Waals surface area contributed by atoms with Gasteiger partial charge in [0.2, 0.25) is 0 Å². The fourth-order valence-electron chi connectivity index (χ4n) is 1.76. The molecule has 0 heterocycles. The Kier molecular flexibility index (Phi) is 2.32. The van der Waals surface area contributed by atoms with Gasteiger partial charge in [-0.05, 0) is 32.2 Å². The molecule has 1 aliphatic carbocycles. The number of nitrogens with two attached hydrogens (primary N) is 1. The smallest absolute Gasteiger partial charge is 0.0659 e. The summed E-state index contributed by atoms with van der Waals surface area (Å²) in [6.45, 7) is 2.54. The van der Waals surface area contributed by atoms with Crippen LogP contribution < -0.4 is 5.73 Å². The van der Waals surface area contributed by atoms with Crippen LogP contribution in [0, 0.1) is 5.92 Å². The zero-order valence-electron chi connectivity index (χ0n) is 6.64. The Labute approximate surface area is 62.4 Å². The largest absolute Gasteiger partial charge is 0.390 e. The van der Waals surface area contributed by atoms with E-state index in [0.29, 0.717) is 12.5 Å². The van der Waals surface area contributed by atoms with Gasteiger partial charge < -0.3 is 10.8 Å². The normalized spacial score (nSPS) is 41.7. The molecule has 2 atom stereocenters. The molecule has 1 fully saturated rings. The van der Waals surface area contributed by atoms with E-state index in [1.54, 1.807) is 0 Å². The summed E-state index contributed by atoms with van der Waals surface area (Å²) in [5.41, 5.74) is 5.04. The average molecular weight is 143 g/mol. The van der Waals surface area contributed by atoms with Gasteiger partial charge >= 0.3 is 0 Å². The third-order valence-electron chi connectivity index (χ3n) is 2.65. The van der Waals surface area contributed by atoms with Gasteiger partial charge in [-0.3, -0.25) is 0 Å². The van der Waals surface area contributed by atoms with Crippen LogP contribution in [0.4, 0.5) is 0 Å². The molecule has 2 heteroatoms. The van der Waals surface area contributed by atoms with E-state index in [1.807, 2.05) is 6.92 Å². The molecular formula is C8H17NO. The second kappa shape index (κ2) is 2.89. The fourth-order valence-corrected chi connectivity index (χ4v) is 1.76. The Hall–Kier alpha value is -0.0800. The van der Waals surface area contributed by atoms with Crippen molar-refractivity contribution >= 4 is 0 Å². The number of hydrogen-bond donors (Lipinski definition) is 2. The van der Waals surface area contributed by atoms with Gasteiger partial charge in [0.05, 0.1) is 5.60 Å². The molecule has 0 radical (unpaired) electrons. The van der Waals surface area contributed by atoms with Crippen molar-refractivity contribution in [2.75, 3.05) is 6.54 Å². The molecule has 0 spiro atoms. The molecule has 2 nitrogen and oxygen atoms in total. The second-order valence-electron chi connectivity index (χ2n) is 3.54. The Morgan fingerprint density at radius 2 is 2.30 bits per heavy atom. The molecule has 0 amide bonds. The summed E-state index contributed by atoms with van der Waals surface area (Å²) in [4.78, 5) is 0. The van der Waals surface area contributed by atoms with Crippen LogP contribution in [0.5, 0.6) is 0 Å². The van der Waals surface area contributed by atoms with Crippen LogP contribution in [0.3, 0.4) is 0 Å². The highest BCUT2D eigenvalue weighted by Crippen LogP contribution is 2.32. The number of rotatable bonds is 1. The van der Waals surface area contributed by atoms with Crippen molar-refractivity contribution < 1.29 is 5.11 Å². The minimum absolute atomic E-state index is 0.334. The lowest BCUT2D eigenvalue weighted by atomic mass is 9.77. The van der Waals surface area contributed by atoms with Crippen molar-refractivity contribution in [1.29, 1.82) is 0 Å². The predicted molar refractivity (Wildman–Crippen MR) is 41.6 cm³/mol. The van der Waals surface area contributed by atoms with E-state index >= 15 is 0 Å². The van der Waals surface area contributed by atoms with Crippen molar-refractivity contribution in [3.8, 4) is 0 Å². The van der Waals surface area contributed by atoms with Crippen molar-refractivity contribution in [2.45, 2.75) is 38.2 Å². The van der Waals surface area contributed by atoms with E-state index in [1.165, 1.54) is 6.42 Å². The Balaban J connectivity index is 2.51. The van der Waals surface area contributed by atoms with Crippen molar-refractivity contribution in [3.63, 3.8) is 0 Å². The van der Waals surface area contributed by atoms with Crippen LogP contribution in [-0.4, -0.2) is 17.3 Å². The lowest BCUT2D eigenvalue weighted by Gasteiger charge is -2.36. The third kappa shape index (κ3) is 1.50. The highest BCUT2D eigenvalue weighted by atomic mass is 16.3. The number of aliphatic hydroxyl groups is 1. The molecule has 3 N–H and O–H groups in total. The fraction of sp³-hybridized carbons (Fsp3) is 1.00. The summed E-state index contributed by atoms with van der Waals surface area (Å²) < 4.78 is 0. The lowest BCUT2D eigenvalue weighted by Crippen LogP contribution is -2.41. The van der Waals surface area contributed by atoms with Crippen molar-refractivity contribution in [2.24, 2.45) is 11.7 Å². The third-order valence-corrected chi connectivity index (χ3v) is 2.65. The molecule has 1 rings (SSSR count). The quantitative estimate of drug-likeness (QED) is 0.572. The van der Waals surface area contributed by atoms with E-state index in [0.717, 1.165) is 19.3 Å². The molecule has 1 saturated carbocycles. The molecule has 0 aromatic carbocycles. The van der Waals surface area contributed by atoms with E-state index < -0.39 is 5.60 Å². The highest BCUT2D eigenvalue weighted by molar-refractivity contribution is 4.86. The molecule has 0 aliphatic heterocycles. The first-order chi connectivity index (χ1) is 4.67. The van der Waals surface area contributed by atoms with Crippen LogP contribution in [0.1, 0.15) is 32.6 Å². The standard InChI is InChI=1S/C8H17NO/c1-8(10)5-3-2-4-7(8)6-9/h7,10H,2-6,9H2,1H3. The Bertz CT molecular complexity index is 112. The van der Waals surface area contributed by atoms with Gasteiger partial charge in [-0.25, -0.2) is 0 Å². The lowest BCUT2D eigenvalue weighted by molar-refractivity contribution is -0.0277. The van der Waals surface area contributed by atoms with Crippen LogP contribution in [-0.2, 0) is 0 Å². The van der Waals surface area contributed by atoms with Crippen LogP contribution >= 0.6 is 0 Å². The molecular weight excluding hydrogens is 126 g/mol. The monoisotopic (exact) mass is 143 g/mol. The topological polar surface area (TPSA) is 46.2 Å². The molecule has 0 bridgehead atoms. The molecule has 0 aromatic heterocycles. The van der Waals surface area contributed by atoms with Gasteiger partial charge in [-0.1, -0.05) is 12.8 Å². The van der Waals surface area contributed by atoms with Gasteiger partial charge in [0.15, 0.2) is 0 Å². The van der Waals surface area contributed by atoms with E-state index in [2.05, 4.69) is 0 Å². The molecule has 10 heavy (non-hydrogen) atoms. The summed E-state index contributed by atoms with van der Waals surface area (Å²) in [5.74, 6) is 0.334. The maximum absolute atomic E-state index is 9.75. The summed E-state index contributed by atoms with van der Waals surface area (Å²) in [7, 11) is 0. The summed E-state index contributed by atoms with van der Waals surface area (Å²) >= 11 is 0. The van der Waals surface area contributed by atoms with Crippen molar-refractivity contribution in [3.05, 3.63) is 0 Å². The van der Waals surface area contributed by atoms with Gasteiger partial charge in [0.1, 0.15) is 0 Å². The van der Waals surface area contributed by atoms with Gasteiger partial charge in [-0.2, -0.15) is 0 Å².